The van der Waals surface area contributed by atoms with E-state index in [0.717, 1.165) is 0 Å². The van der Waals surface area contributed by atoms with Crippen LogP contribution in [0.4, 0.5) is 13.2 Å². The fraction of sp³-hybridized carbons (Fsp3) is 0.231. The van der Waals surface area contributed by atoms with Gasteiger partial charge in [0.25, 0.3) is 5.91 Å². The first-order valence-electron chi connectivity index (χ1n) is 5.94. The second kappa shape index (κ2) is 5.86. The average Bonchev–Trinajstić information content (AvgIpc) is 2.77. The number of alkyl halides is 2. The number of amides is 1. The molecule has 2 rings (SSSR count). The maximum atomic E-state index is 13.4. The molecule has 0 atom stereocenters. The van der Waals surface area contributed by atoms with Crippen molar-refractivity contribution in [2.45, 2.75) is 20.1 Å². The molecule has 1 amide bonds. The Balaban J connectivity index is 2.38. The van der Waals surface area contributed by atoms with E-state index < -0.39 is 18.5 Å². The summed E-state index contributed by atoms with van der Waals surface area (Å²) in [4.78, 5) is 14.9. The molecule has 2 heterocycles. The smallest absolute Gasteiger partial charge is 0.387 e. The third kappa shape index (κ3) is 3.15. The molecule has 112 valence electrons. The fourth-order valence-corrected chi connectivity index (χ4v) is 1.94. The van der Waals surface area contributed by atoms with Gasteiger partial charge < -0.3 is 15.0 Å². The number of carbonyl (C=O) groups is 1. The summed E-state index contributed by atoms with van der Waals surface area (Å²) in [7, 11) is 0. The summed E-state index contributed by atoms with van der Waals surface area (Å²) < 4.78 is 43.5. The molecule has 0 fully saturated rings. The fourth-order valence-electron chi connectivity index (χ4n) is 1.94. The number of primary amides is 1. The highest BCUT2D eigenvalue weighted by Crippen LogP contribution is 2.23. The van der Waals surface area contributed by atoms with Crippen LogP contribution >= 0.6 is 0 Å². The van der Waals surface area contributed by atoms with Gasteiger partial charge in [0.05, 0.1) is 0 Å². The number of nitrogens with zero attached hydrogens (tertiary/aromatic N) is 2. The van der Waals surface area contributed by atoms with Crippen LogP contribution in [0.15, 0.2) is 24.5 Å². The Morgan fingerprint density at radius 3 is 2.81 bits per heavy atom. The van der Waals surface area contributed by atoms with Gasteiger partial charge in [-0.1, -0.05) is 0 Å². The molecule has 21 heavy (non-hydrogen) atoms. The lowest BCUT2D eigenvalue weighted by molar-refractivity contribution is -0.0501. The molecule has 0 saturated carbocycles. The number of hydrogen-bond donors (Lipinski definition) is 1. The zero-order valence-corrected chi connectivity index (χ0v) is 11.0. The Kier molecular flexibility index (Phi) is 4.15. The van der Waals surface area contributed by atoms with E-state index in [1.807, 2.05) is 0 Å². The highest BCUT2D eigenvalue weighted by atomic mass is 19.3. The first-order valence-corrected chi connectivity index (χ1v) is 5.94. The SMILES string of the molecule is Cc1c(Cn2ccc(OC(F)F)c2C(N)=O)ccnc1F. The molecule has 0 saturated heterocycles. The van der Waals surface area contributed by atoms with Gasteiger partial charge in [0.15, 0.2) is 5.75 Å². The van der Waals surface area contributed by atoms with Crippen LogP contribution in [-0.4, -0.2) is 22.1 Å². The van der Waals surface area contributed by atoms with Crippen LogP contribution in [0.2, 0.25) is 0 Å². The molecular formula is C13H12F3N3O2. The predicted octanol–water partition coefficient (Wildman–Crippen LogP) is 2.08. The monoisotopic (exact) mass is 299 g/mol. The van der Waals surface area contributed by atoms with E-state index in [9.17, 15) is 18.0 Å². The Morgan fingerprint density at radius 1 is 1.48 bits per heavy atom. The molecular weight excluding hydrogens is 287 g/mol. The van der Waals surface area contributed by atoms with Gasteiger partial charge in [-0.15, -0.1) is 0 Å². The van der Waals surface area contributed by atoms with Gasteiger partial charge >= 0.3 is 6.61 Å². The van der Waals surface area contributed by atoms with Crippen LogP contribution in [0.3, 0.4) is 0 Å². The van der Waals surface area contributed by atoms with E-state index >= 15 is 0 Å². The number of carbonyl (C=O) groups excluding carboxylic acids is 1. The standard InChI is InChI=1S/C13H12F3N3O2/c1-7-8(2-4-18-11(7)14)6-19-5-3-9(21-13(15)16)10(19)12(17)20/h2-5,13H,6H2,1H3,(H2,17,20). The summed E-state index contributed by atoms with van der Waals surface area (Å²) in [6.45, 7) is -1.46. The number of halogens is 3. The topological polar surface area (TPSA) is 70.1 Å². The highest BCUT2D eigenvalue weighted by Gasteiger charge is 2.19. The molecule has 2 aromatic rings. The molecule has 5 nitrogen and oxygen atoms in total. The van der Waals surface area contributed by atoms with Gasteiger partial charge in [0.2, 0.25) is 5.95 Å². The number of nitrogens with two attached hydrogens (primary N) is 1. The zero-order chi connectivity index (χ0) is 15.6. The minimum Gasteiger partial charge on any atom is -0.432 e. The number of rotatable bonds is 5. The van der Waals surface area contributed by atoms with Gasteiger partial charge in [-0.2, -0.15) is 13.2 Å². The van der Waals surface area contributed by atoms with Gasteiger partial charge in [0.1, 0.15) is 5.69 Å². The van der Waals surface area contributed by atoms with E-state index in [-0.39, 0.29) is 18.0 Å². The summed E-state index contributed by atoms with van der Waals surface area (Å²) in [6.07, 6.45) is 2.65. The van der Waals surface area contributed by atoms with E-state index in [1.54, 1.807) is 6.07 Å². The van der Waals surface area contributed by atoms with Crippen molar-refractivity contribution in [2.24, 2.45) is 5.73 Å². The summed E-state index contributed by atoms with van der Waals surface area (Å²) in [5, 5.41) is 0. The molecule has 0 aliphatic carbocycles. The predicted molar refractivity (Wildman–Crippen MR) is 67.6 cm³/mol. The van der Waals surface area contributed by atoms with E-state index in [1.165, 1.54) is 30.0 Å². The van der Waals surface area contributed by atoms with Crippen LogP contribution < -0.4 is 10.5 Å². The van der Waals surface area contributed by atoms with Gasteiger partial charge in [-0.25, -0.2) is 4.98 Å². The Bertz CT molecular complexity index is 671. The highest BCUT2D eigenvalue weighted by molar-refractivity contribution is 5.94. The van der Waals surface area contributed by atoms with Crippen molar-refractivity contribution in [3.05, 3.63) is 47.3 Å². The third-order valence-corrected chi connectivity index (χ3v) is 2.97. The molecule has 0 aromatic carbocycles. The summed E-state index contributed by atoms with van der Waals surface area (Å²) in [6, 6.07) is 2.77. The molecule has 0 aliphatic rings. The molecule has 0 unspecified atom stereocenters. The lowest BCUT2D eigenvalue weighted by Gasteiger charge is -2.11. The Morgan fingerprint density at radius 2 is 2.19 bits per heavy atom. The summed E-state index contributed by atoms with van der Waals surface area (Å²) in [5.41, 5.74) is 5.83. The van der Waals surface area contributed by atoms with Crippen molar-refractivity contribution >= 4 is 5.91 Å². The Labute approximate surface area is 118 Å². The minimum absolute atomic E-state index is 0.0795. The first-order chi connectivity index (χ1) is 9.90. The van der Waals surface area contributed by atoms with Gasteiger partial charge in [0, 0.05) is 24.5 Å². The molecule has 0 aliphatic heterocycles. The second-order valence-electron chi connectivity index (χ2n) is 4.29. The molecule has 0 bridgehead atoms. The normalized spacial score (nSPS) is 10.9. The molecule has 0 spiro atoms. The van der Waals surface area contributed by atoms with Crippen LogP contribution in [0.25, 0.3) is 0 Å². The van der Waals surface area contributed by atoms with Crippen LogP contribution in [0.1, 0.15) is 21.6 Å². The number of hydrogen-bond acceptors (Lipinski definition) is 3. The van der Waals surface area contributed by atoms with Crippen molar-refractivity contribution in [1.29, 1.82) is 0 Å². The largest absolute Gasteiger partial charge is 0.432 e. The van der Waals surface area contributed by atoms with Crippen molar-refractivity contribution in [2.75, 3.05) is 0 Å². The van der Waals surface area contributed by atoms with Crippen LogP contribution in [0.5, 0.6) is 5.75 Å². The number of pyridine rings is 1. The van der Waals surface area contributed by atoms with Gasteiger partial charge in [-0.3, -0.25) is 4.79 Å². The second-order valence-corrected chi connectivity index (χ2v) is 4.29. The third-order valence-electron chi connectivity index (χ3n) is 2.97. The summed E-state index contributed by atoms with van der Waals surface area (Å²) in [5.74, 6) is -1.86. The molecule has 2 aromatic heterocycles. The Hall–Kier alpha value is -2.51. The minimum atomic E-state index is -3.07. The van der Waals surface area contributed by atoms with E-state index in [2.05, 4.69) is 9.72 Å². The average molecular weight is 299 g/mol. The van der Waals surface area contributed by atoms with Crippen molar-refractivity contribution in [3.63, 3.8) is 0 Å². The molecule has 8 heteroatoms. The lowest BCUT2D eigenvalue weighted by Crippen LogP contribution is -2.19. The quantitative estimate of drug-likeness (QED) is 0.859. The number of aromatic nitrogens is 2. The van der Waals surface area contributed by atoms with E-state index in [4.69, 9.17) is 5.73 Å². The van der Waals surface area contributed by atoms with Crippen LogP contribution in [-0.2, 0) is 6.54 Å². The van der Waals surface area contributed by atoms with E-state index in [0.29, 0.717) is 11.1 Å². The lowest BCUT2D eigenvalue weighted by atomic mass is 10.1. The first kappa shape index (κ1) is 14.9. The summed E-state index contributed by atoms with van der Waals surface area (Å²) >= 11 is 0. The van der Waals surface area contributed by atoms with Crippen LogP contribution in [0, 0.1) is 12.9 Å². The van der Waals surface area contributed by atoms with Gasteiger partial charge in [-0.05, 0) is 24.6 Å². The maximum absolute atomic E-state index is 13.4. The molecule has 2 N–H and O–H groups in total. The van der Waals surface area contributed by atoms with Crippen molar-refractivity contribution < 1.29 is 22.7 Å². The van der Waals surface area contributed by atoms with Crippen molar-refractivity contribution in [3.8, 4) is 5.75 Å². The number of ether oxygens (including phenoxy) is 1. The molecule has 0 radical (unpaired) electrons. The maximum Gasteiger partial charge on any atom is 0.387 e. The zero-order valence-electron chi connectivity index (χ0n) is 11.0. The van der Waals surface area contributed by atoms with Crippen molar-refractivity contribution in [1.82, 2.24) is 9.55 Å².